The summed E-state index contributed by atoms with van der Waals surface area (Å²) in [6, 6.07) is 16.5. The van der Waals surface area contributed by atoms with Crippen LogP contribution in [-0.2, 0) is 0 Å². The van der Waals surface area contributed by atoms with E-state index < -0.39 is 0 Å². The number of carbonyl (C=O) groups excluding carboxylic acids is 1. The van der Waals surface area contributed by atoms with Gasteiger partial charge >= 0.3 is 0 Å². The van der Waals surface area contributed by atoms with Gasteiger partial charge in [-0.25, -0.2) is 0 Å². The maximum atomic E-state index is 13.3. The quantitative estimate of drug-likeness (QED) is 0.506. The monoisotopic (exact) mass is 395 g/mol. The van der Waals surface area contributed by atoms with Crippen molar-refractivity contribution in [1.82, 2.24) is 14.9 Å². The van der Waals surface area contributed by atoms with Crippen LogP contribution in [0.1, 0.15) is 35.7 Å². The smallest absolute Gasteiger partial charge is 0.234 e. The molecule has 4 aromatic rings. The lowest BCUT2D eigenvalue weighted by Crippen LogP contribution is -2.33. The summed E-state index contributed by atoms with van der Waals surface area (Å²) in [5, 5.41) is 6.78. The Hall–Kier alpha value is -3.24. The number of benzene rings is 2. The summed E-state index contributed by atoms with van der Waals surface area (Å²) < 4.78 is 1.88. The standard InChI is InChI=1S/C26H25N3O/c1-18(15-20-5-4-6-21-16-28-14-11-22(20)21)24-17-29(25-8-3-2-7-23(24)25)26(30)19-9-12-27-13-10-19/h2-8,11,14-17,19,27H,9-10,12-13H2,1H3/b18-15+. The first kappa shape index (κ1) is 18.8. The number of aromatic nitrogens is 2. The third-order valence-corrected chi connectivity index (χ3v) is 6.15. The zero-order valence-corrected chi connectivity index (χ0v) is 17.1. The highest BCUT2D eigenvalue weighted by atomic mass is 16.2. The predicted molar refractivity (Wildman–Crippen MR) is 123 cm³/mol. The van der Waals surface area contributed by atoms with Crippen molar-refractivity contribution in [2.75, 3.05) is 13.1 Å². The number of piperidine rings is 1. The van der Waals surface area contributed by atoms with Crippen molar-refractivity contribution < 1.29 is 4.79 Å². The number of pyridine rings is 1. The summed E-state index contributed by atoms with van der Waals surface area (Å²) >= 11 is 0. The Kier molecular flexibility index (Phi) is 4.93. The second-order valence-corrected chi connectivity index (χ2v) is 8.06. The Balaban J connectivity index is 1.60. The van der Waals surface area contributed by atoms with Gasteiger partial charge in [-0.1, -0.05) is 42.5 Å². The average molecular weight is 396 g/mol. The second kappa shape index (κ2) is 7.88. The maximum absolute atomic E-state index is 13.3. The average Bonchev–Trinajstić information content (AvgIpc) is 3.19. The lowest BCUT2D eigenvalue weighted by molar-refractivity contribution is 0.0813. The molecule has 1 aliphatic rings. The van der Waals surface area contributed by atoms with Crippen LogP contribution in [0.2, 0.25) is 0 Å². The lowest BCUT2D eigenvalue weighted by Gasteiger charge is -2.21. The molecule has 4 heteroatoms. The summed E-state index contributed by atoms with van der Waals surface area (Å²) in [6.45, 7) is 3.95. The minimum Gasteiger partial charge on any atom is -0.317 e. The van der Waals surface area contributed by atoms with Crippen LogP contribution in [0.4, 0.5) is 0 Å². The number of nitrogens with one attached hydrogen (secondary N) is 1. The van der Waals surface area contributed by atoms with Crippen molar-refractivity contribution in [3.63, 3.8) is 0 Å². The normalized spacial score (nSPS) is 15.7. The van der Waals surface area contributed by atoms with Gasteiger partial charge in [0.2, 0.25) is 5.91 Å². The fourth-order valence-corrected chi connectivity index (χ4v) is 4.53. The molecule has 4 nitrogen and oxygen atoms in total. The molecule has 5 rings (SSSR count). The molecule has 0 atom stereocenters. The van der Waals surface area contributed by atoms with Crippen LogP contribution in [0, 0.1) is 5.92 Å². The van der Waals surface area contributed by atoms with E-state index in [0.29, 0.717) is 0 Å². The van der Waals surface area contributed by atoms with Crippen LogP contribution in [0.15, 0.2) is 67.1 Å². The minimum atomic E-state index is 0.0877. The molecule has 1 saturated heterocycles. The van der Waals surface area contributed by atoms with Crippen molar-refractivity contribution in [2.24, 2.45) is 5.92 Å². The molecule has 1 aliphatic heterocycles. The molecule has 0 bridgehead atoms. The van der Waals surface area contributed by atoms with Crippen molar-refractivity contribution >= 4 is 39.2 Å². The first-order valence-electron chi connectivity index (χ1n) is 10.6. The lowest BCUT2D eigenvalue weighted by atomic mass is 9.97. The molecule has 0 saturated carbocycles. The summed E-state index contributed by atoms with van der Waals surface area (Å²) in [5.74, 6) is 0.299. The van der Waals surface area contributed by atoms with E-state index in [-0.39, 0.29) is 11.8 Å². The molecule has 3 heterocycles. The molecule has 0 radical (unpaired) electrons. The van der Waals surface area contributed by atoms with E-state index in [0.717, 1.165) is 58.9 Å². The second-order valence-electron chi connectivity index (χ2n) is 8.06. The molecule has 1 fully saturated rings. The molecular formula is C26H25N3O. The summed E-state index contributed by atoms with van der Waals surface area (Å²) in [7, 11) is 0. The summed E-state index contributed by atoms with van der Waals surface area (Å²) in [6.07, 6.45) is 9.78. The molecule has 2 aromatic heterocycles. The first-order valence-corrected chi connectivity index (χ1v) is 10.6. The first-order chi connectivity index (χ1) is 14.7. The molecule has 2 aromatic carbocycles. The van der Waals surface area contributed by atoms with E-state index in [1.165, 1.54) is 5.39 Å². The zero-order valence-electron chi connectivity index (χ0n) is 17.1. The number of allylic oxidation sites excluding steroid dienone is 1. The van der Waals surface area contributed by atoms with Crippen LogP contribution in [-0.4, -0.2) is 28.5 Å². The molecular weight excluding hydrogens is 370 g/mol. The third kappa shape index (κ3) is 3.33. The van der Waals surface area contributed by atoms with Gasteiger partial charge in [0.05, 0.1) is 5.52 Å². The number of para-hydroxylation sites is 1. The SMILES string of the molecule is C/C(=C\c1cccc2cnccc12)c1cn(C(=O)C2CCNCC2)c2ccccc12. The Morgan fingerprint density at radius 2 is 1.90 bits per heavy atom. The predicted octanol–water partition coefficient (Wildman–Crippen LogP) is 5.39. The van der Waals surface area contributed by atoms with Gasteiger partial charge in [0.1, 0.15) is 0 Å². The summed E-state index contributed by atoms with van der Waals surface area (Å²) in [4.78, 5) is 17.5. The van der Waals surface area contributed by atoms with E-state index in [4.69, 9.17) is 0 Å². The van der Waals surface area contributed by atoms with Crippen LogP contribution >= 0.6 is 0 Å². The van der Waals surface area contributed by atoms with Gasteiger partial charge in [0, 0.05) is 40.8 Å². The van der Waals surface area contributed by atoms with Crippen LogP contribution < -0.4 is 5.32 Å². The minimum absolute atomic E-state index is 0.0877. The highest BCUT2D eigenvalue weighted by molar-refractivity contribution is 6.03. The number of hydrogen-bond acceptors (Lipinski definition) is 3. The largest absolute Gasteiger partial charge is 0.317 e. The van der Waals surface area contributed by atoms with Gasteiger partial charge in [-0.05, 0) is 61.5 Å². The van der Waals surface area contributed by atoms with E-state index in [2.05, 4.69) is 59.7 Å². The van der Waals surface area contributed by atoms with Gasteiger partial charge < -0.3 is 5.32 Å². The van der Waals surface area contributed by atoms with Crippen LogP contribution in [0.3, 0.4) is 0 Å². The number of rotatable bonds is 3. The van der Waals surface area contributed by atoms with Crippen LogP contribution in [0.25, 0.3) is 33.3 Å². The molecule has 1 N–H and O–H groups in total. The van der Waals surface area contributed by atoms with Crippen LogP contribution in [0.5, 0.6) is 0 Å². The van der Waals surface area contributed by atoms with E-state index >= 15 is 0 Å². The summed E-state index contributed by atoms with van der Waals surface area (Å²) in [5.41, 5.74) is 4.41. The van der Waals surface area contributed by atoms with Crippen molar-refractivity contribution in [2.45, 2.75) is 19.8 Å². The fourth-order valence-electron chi connectivity index (χ4n) is 4.53. The maximum Gasteiger partial charge on any atom is 0.234 e. The Labute approximate surface area is 176 Å². The van der Waals surface area contributed by atoms with Gasteiger partial charge in [-0.15, -0.1) is 0 Å². The fraction of sp³-hybridized carbons (Fsp3) is 0.231. The van der Waals surface area contributed by atoms with Gasteiger partial charge in [0.25, 0.3) is 0 Å². The zero-order chi connectivity index (χ0) is 20.5. The molecule has 150 valence electrons. The van der Waals surface area contributed by atoms with E-state index in [1.54, 1.807) is 0 Å². The van der Waals surface area contributed by atoms with Gasteiger partial charge in [0.15, 0.2) is 0 Å². The molecule has 0 unspecified atom stereocenters. The van der Waals surface area contributed by atoms with E-state index in [1.807, 2.05) is 35.3 Å². The highest BCUT2D eigenvalue weighted by Crippen LogP contribution is 2.31. The Morgan fingerprint density at radius 3 is 2.77 bits per heavy atom. The number of hydrogen-bond donors (Lipinski definition) is 1. The van der Waals surface area contributed by atoms with E-state index in [9.17, 15) is 4.79 Å². The van der Waals surface area contributed by atoms with Gasteiger partial charge in [-0.2, -0.15) is 0 Å². The number of carbonyl (C=O) groups is 1. The molecule has 0 spiro atoms. The highest BCUT2D eigenvalue weighted by Gasteiger charge is 2.24. The topological polar surface area (TPSA) is 46.9 Å². The Bertz CT molecular complexity index is 1260. The molecule has 0 amide bonds. The van der Waals surface area contributed by atoms with Crippen molar-refractivity contribution in [3.05, 3.63) is 78.2 Å². The third-order valence-electron chi connectivity index (χ3n) is 6.15. The van der Waals surface area contributed by atoms with Gasteiger partial charge in [-0.3, -0.25) is 14.3 Å². The number of nitrogens with zero attached hydrogens (tertiary/aromatic N) is 2. The van der Waals surface area contributed by atoms with Crippen molar-refractivity contribution in [3.8, 4) is 0 Å². The van der Waals surface area contributed by atoms with Crippen molar-refractivity contribution in [1.29, 1.82) is 0 Å². The Morgan fingerprint density at radius 1 is 1.07 bits per heavy atom. The number of fused-ring (bicyclic) bond motifs is 2. The molecule has 0 aliphatic carbocycles. The molecule has 30 heavy (non-hydrogen) atoms.